The summed E-state index contributed by atoms with van der Waals surface area (Å²) in [6, 6.07) is 12.1. The molecule has 3 aromatic rings. The molecule has 1 aromatic heterocycles. The van der Waals surface area contributed by atoms with Crippen molar-refractivity contribution in [2.75, 3.05) is 0 Å². The summed E-state index contributed by atoms with van der Waals surface area (Å²) in [5, 5.41) is 11.2. The monoisotopic (exact) mass is 312 g/mol. The van der Waals surface area contributed by atoms with Crippen LogP contribution in [0.2, 0.25) is 0 Å². The third kappa shape index (κ3) is 3.26. The number of non-ortho nitro benzene ring substituents is 1. The number of Topliss-reactive ketones (excluding diaryl/α,β-unsaturated/α-hetero) is 1. The number of aromatic amines is 1. The number of nitrogens with zero attached hydrogens (tertiary/aromatic N) is 1. The Morgan fingerprint density at radius 2 is 1.87 bits per heavy atom. The van der Waals surface area contributed by atoms with Crippen molar-refractivity contribution in [3.8, 4) is 0 Å². The first kappa shape index (κ1) is 14.9. The van der Waals surface area contributed by atoms with Crippen LogP contribution in [-0.4, -0.2) is 15.7 Å². The molecule has 6 heteroatoms. The first-order valence-corrected chi connectivity index (χ1v) is 7.08. The minimum atomic E-state index is -0.460. The van der Waals surface area contributed by atoms with Crippen molar-refractivity contribution in [1.29, 1.82) is 0 Å². The second-order valence-electron chi connectivity index (χ2n) is 5.26. The number of carbonyl (C=O) groups excluding carboxylic acids is 1. The largest absolute Gasteiger partial charge is 0.352 e. The van der Waals surface area contributed by atoms with Gasteiger partial charge in [-0.15, -0.1) is 0 Å². The molecule has 5 nitrogen and oxygen atoms in total. The van der Waals surface area contributed by atoms with Crippen LogP contribution in [0, 0.1) is 15.9 Å². The molecule has 0 aliphatic carbocycles. The summed E-state index contributed by atoms with van der Waals surface area (Å²) in [7, 11) is 0. The van der Waals surface area contributed by atoms with Crippen LogP contribution in [0.15, 0.2) is 48.5 Å². The van der Waals surface area contributed by atoms with E-state index in [-0.39, 0.29) is 23.7 Å². The molecule has 0 bridgehead atoms. The highest BCUT2D eigenvalue weighted by Gasteiger charge is 2.11. The van der Waals surface area contributed by atoms with Gasteiger partial charge in [0.15, 0.2) is 5.78 Å². The molecule has 0 aliphatic heterocycles. The zero-order valence-corrected chi connectivity index (χ0v) is 12.1. The standard InChI is InChI=1S/C17H13FN2O3/c18-13-4-7-15-12(9-13)10-16(19-15)17(21)8-3-11-1-5-14(6-2-11)20(22)23/h1-2,4-7,9-10,19H,3,8H2. The second-order valence-corrected chi connectivity index (χ2v) is 5.26. The number of fused-ring (bicyclic) bond motifs is 1. The molecular formula is C17H13FN2O3. The second kappa shape index (κ2) is 6.00. The van der Waals surface area contributed by atoms with Gasteiger partial charge in [0.2, 0.25) is 0 Å². The van der Waals surface area contributed by atoms with Crippen LogP contribution in [0.4, 0.5) is 10.1 Å². The molecule has 0 amide bonds. The van der Waals surface area contributed by atoms with Crippen LogP contribution < -0.4 is 0 Å². The van der Waals surface area contributed by atoms with E-state index in [1.54, 1.807) is 24.3 Å². The molecule has 0 unspecified atom stereocenters. The van der Waals surface area contributed by atoms with Crippen LogP contribution in [0.1, 0.15) is 22.5 Å². The van der Waals surface area contributed by atoms with Gasteiger partial charge in [0.1, 0.15) is 5.82 Å². The van der Waals surface area contributed by atoms with Gasteiger partial charge in [-0.1, -0.05) is 12.1 Å². The Balaban J connectivity index is 1.69. The average molecular weight is 312 g/mol. The number of rotatable bonds is 5. The van der Waals surface area contributed by atoms with Crippen molar-refractivity contribution in [2.45, 2.75) is 12.8 Å². The molecule has 0 aliphatic rings. The normalized spacial score (nSPS) is 10.8. The van der Waals surface area contributed by atoms with Crippen molar-refractivity contribution in [2.24, 2.45) is 0 Å². The van der Waals surface area contributed by atoms with Crippen LogP contribution in [-0.2, 0) is 6.42 Å². The Hall–Kier alpha value is -3.02. The summed E-state index contributed by atoms with van der Waals surface area (Å²) < 4.78 is 13.2. The maximum absolute atomic E-state index is 13.2. The summed E-state index contributed by atoms with van der Waals surface area (Å²) in [6.07, 6.45) is 0.758. The van der Waals surface area contributed by atoms with Crippen LogP contribution >= 0.6 is 0 Å². The van der Waals surface area contributed by atoms with Gasteiger partial charge in [-0.3, -0.25) is 14.9 Å². The van der Waals surface area contributed by atoms with E-state index in [1.165, 1.54) is 24.3 Å². The van der Waals surface area contributed by atoms with E-state index in [2.05, 4.69) is 4.98 Å². The smallest absolute Gasteiger partial charge is 0.269 e. The van der Waals surface area contributed by atoms with Gasteiger partial charge in [-0.05, 0) is 36.2 Å². The topological polar surface area (TPSA) is 76.0 Å². The van der Waals surface area contributed by atoms with Crippen molar-refractivity contribution in [3.05, 3.63) is 75.7 Å². The number of benzene rings is 2. The number of halogens is 1. The fourth-order valence-electron chi connectivity index (χ4n) is 2.43. The SMILES string of the molecule is O=C(CCc1ccc([N+](=O)[O-])cc1)c1cc2cc(F)ccc2[nH]1. The van der Waals surface area contributed by atoms with E-state index in [4.69, 9.17) is 0 Å². The maximum Gasteiger partial charge on any atom is 0.269 e. The van der Waals surface area contributed by atoms with E-state index in [9.17, 15) is 19.3 Å². The number of nitrogens with one attached hydrogen (secondary N) is 1. The number of hydrogen-bond acceptors (Lipinski definition) is 3. The van der Waals surface area contributed by atoms with Gasteiger partial charge in [0, 0.05) is 29.5 Å². The lowest BCUT2D eigenvalue weighted by molar-refractivity contribution is -0.384. The van der Waals surface area contributed by atoms with E-state index in [1.807, 2.05) is 0 Å². The first-order chi connectivity index (χ1) is 11.0. The average Bonchev–Trinajstić information content (AvgIpc) is 2.96. The fraction of sp³-hybridized carbons (Fsp3) is 0.118. The van der Waals surface area contributed by atoms with Crippen LogP contribution in [0.3, 0.4) is 0 Å². The zero-order valence-electron chi connectivity index (χ0n) is 12.1. The molecule has 2 aromatic carbocycles. The summed E-state index contributed by atoms with van der Waals surface area (Å²) in [6.45, 7) is 0. The Kier molecular flexibility index (Phi) is 3.89. The third-order valence-corrected chi connectivity index (χ3v) is 3.67. The van der Waals surface area contributed by atoms with Crippen molar-refractivity contribution in [1.82, 2.24) is 4.98 Å². The summed E-state index contributed by atoms with van der Waals surface area (Å²) in [4.78, 5) is 25.3. The van der Waals surface area contributed by atoms with Gasteiger partial charge < -0.3 is 4.98 Å². The predicted molar refractivity (Wildman–Crippen MR) is 84.0 cm³/mol. The fourth-order valence-corrected chi connectivity index (χ4v) is 2.43. The molecule has 0 spiro atoms. The van der Waals surface area contributed by atoms with Gasteiger partial charge >= 0.3 is 0 Å². The molecule has 1 heterocycles. The lowest BCUT2D eigenvalue weighted by Crippen LogP contribution is -2.01. The minimum absolute atomic E-state index is 0.0257. The number of hydrogen-bond donors (Lipinski definition) is 1. The van der Waals surface area contributed by atoms with E-state index >= 15 is 0 Å². The maximum atomic E-state index is 13.2. The molecule has 116 valence electrons. The molecule has 3 rings (SSSR count). The Labute approximate surface area is 130 Å². The van der Waals surface area contributed by atoms with Crippen molar-refractivity contribution >= 4 is 22.4 Å². The van der Waals surface area contributed by atoms with Crippen LogP contribution in [0.5, 0.6) is 0 Å². The van der Waals surface area contributed by atoms with E-state index in [0.717, 1.165) is 5.56 Å². The number of nitro groups is 1. The number of aromatic nitrogens is 1. The van der Waals surface area contributed by atoms with Gasteiger partial charge in [-0.2, -0.15) is 0 Å². The summed E-state index contributed by atoms with van der Waals surface area (Å²) in [5.74, 6) is -0.429. The highest BCUT2D eigenvalue weighted by Crippen LogP contribution is 2.19. The van der Waals surface area contributed by atoms with Gasteiger partial charge in [0.25, 0.3) is 5.69 Å². The Morgan fingerprint density at radius 3 is 2.57 bits per heavy atom. The zero-order chi connectivity index (χ0) is 16.4. The summed E-state index contributed by atoms with van der Waals surface area (Å²) >= 11 is 0. The number of aryl methyl sites for hydroxylation is 1. The summed E-state index contributed by atoms with van der Waals surface area (Å²) in [5.41, 5.74) is 2.03. The highest BCUT2D eigenvalue weighted by molar-refractivity contribution is 5.99. The molecule has 1 N–H and O–H groups in total. The van der Waals surface area contributed by atoms with Crippen LogP contribution in [0.25, 0.3) is 10.9 Å². The van der Waals surface area contributed by atoms with Gasteiger partial charge in [-0.25, -0.2) is 4.39 Å². The van der Waals surface area contributed by atoms with E-state index < -0.39 is 4.92 Å². The molecule has 0 atom stereocenters. The molecule has 23 heavy (non-hydrogen) atoms. The van der Waals surface area contributed by atoms with Gasteiger partial charge in [0.05, 0.1) is 10.6 Å². The molecular weight excluding hydrogens is 299 g/mol. The van der Waals surface area contributed by atoms with Crippen molar-refractivity contribution in [3.63, 3.8) is 0 Å². The molecule has 0 saturated carbocycles. The van der Waals surface area contributed by atoms with E-state index in [0.29, 0.717) is 23.0 Å². The van der Waals surface area contributed by atoms with Crippen molar-refractivity contribution < 1.29 is 14.1 Å². The quantitative estimate of drug-likeness (QED) is 0.439. The predicted octanol–water partition coefficient (Wildman–Crippen LogP) is 4.03. The lowest BCUT2D eigenvalue weighted by Gasteiger charge is -2.00. The Morgan fingerprint density at radius 1 is 1.13 bits per heavy atom. The minimum Gasteiger partial charge on any atom is -0.352 e. The first-order valence-electron chi connectivity index (χ1n) is 7.08. The number of carbonyl (C=O) groups is 1. The third-order valence-electron chi connectivity index (χ3n) is 3.67. The number of nitro benzene ring substituents is 1. The highest BCUT2D eigenvalue weighted by atomic mass is 19.1. The Bertz CT molecular complexity index is 884. The molecule has 0 fully saturated rings. The number of ketones is 1. The lowest BCUT2D eigenvalue weighted by atomic mass is 10.1. The molecule has 0 saturated heterocycles. The number of H-pyrrole nitrogens is 1. The molecule has 0 radical (unpaired) electrons.